The van der Waals surface area contributed by atoms with Crippen molar-refractivity contribution in [1.29, 1.82) is 0 Å². The molecule has 0 bridgehead atoms. The molecule has 0 radical (unpaired) electrons. The molecule has 0 aliphatic rings. The second-order valence-electron chi connectivity index (χ2n) is 5.02. The lowest BCUT2D eigenvalue weighted by Gasteiger charge is -2.13. The zero-order chi connectivity index (χ0) is 14.8. The van der Waals surface area contributed by atoms with E-state index in [2.05, 4.69) is 80.4 Å². The fourth-order valence-electron chi connectivity index (χ4n) is 2.44. The highest BCUT2D eigenvalue weighted by molar-refractivity contribution is 9.10. The molecule has 0 heterocycles. The van der Waals surface area contributed by atoms with Crippen LogP contribution < -0.4 is 0 Å². The molecule has 0 aliphatic heterocycles. The molecule has 0 amide bonds. The van der Waals surface area contributed by atoms with E-state index >= 15 is 0 Å². The number of hydrogen-bond acceptors (Lipinski definition) is 0. The van der Waals surface area contributed by atoms with Crippen molar-refractivity contribution < 1.29 is 0 Å². The molecule has 0 nitrogen and oxygen atoms in total. The Kier molecular flexibility index (Phi) is 4.68. The maximum Gasteiger partial charge on any atom is 0.0460 e. The number of hydrogen-bond donors (Lipinski definition) is 0. The standard InChI is InChI=1S/C18H13Br2Cl/c19-15-7-8-16(18(21)11-15)17(20)10-12-5-6-13-3-1-2-4-14(13)9-12/h1-9,11,17H,10H2. The Morgan fingerprint density at radius 1 is 0.905 bits per heavy atom. The Bertz CT molecular complexity index is 783. The molecule has 1 atom stereocenters. The zero-order valence-corrected chi connectivity index (χ0v) is 15.1. The van der Waals surface area contributed by atoms with Gasteiger partial charge in [-0.05, 0) is 40.5 Å². The second kappa shape index (κ2) is 6.51. The molecule has 0 spiro atoms. The number of halogens is 3. The Morgan fingerprint density at radius 2 is 1.67 bits per heavy atom. The van der Waals surface area contributed by atoms with E-state index in [9.17, 15) is 0 Å². The molecule has 0 aromatic heterocycles. The van der Waals surface area contributed by atoms with Crippen LogP contribution >= 0.6 is 43.5 Å². The van der Waals surface area contributed by atoms with Gasteiger partial charge in [0.2, 0.25) is 0 Å². The monoisotopic (exact) mass is 422 g/mol. The highest BCUT2D eigenvalue weighted by Crippen LogP contribution is 2.34. The Morgan fingerprint density at radius 3 is 2.43 bits per heavy atom. The van der Waals surface area contributed by atoms with E-state index in [1.165, 1.54) is 16.3 Å². The van der Waals surface area contributed by atoms with E-state index in [4.69, 9.17) is 11.6 Å². The second-order valence-corrected chi connectivity index (χ2v) is 7.45. The van der Waals surface area contributed by atoms with Crippen LogP contribution in [0.15, 0.2) is 65.1 Å². The smallest absolute Gasteiger partial charge is 0.0460 e. The molecule has 0 fully saturated rings. The molecule has 1 unspecified atom stereocenters. The normalized spacial score (nSPS) is 12.5. The fraction of sp³-hybridized carbons (Fsp3) is 0.111. The van der Waals surface area contributed by atoms with Gasteiger partial charge in [0.05, 0.1) is 0 Å². The number of fused-ring (bicyclic) bond motifs is 1. The van der Waals surface area contributed by atoms with Gasteiger partial charge in [-0.25, -0.2) is 0 Å². The summed E-state index contributed by atoms with van der Waals surface area (Å²) in [6.45, 7) is 0. The fourth-order valence-corrected chi connectivity index (χ4v) is 4.15. The average molecular weight is 425 g/mol. The first-order chi connectivity index (χ1) is 10.1. The predicted molar refractivity (Wildman–Crippen MR) is 98.5 cm³/mol. The third-order valence-electron chi connectivity index (χ3n) is 3.53. The van der Waals surface area contributed by atoms with Gasteiger partial charge in [-0.1, -0.05) is 92.0 Å². The third kappa shape index (κ3) is 3.50. The van der Waals surface area contributed by atoms with Crippen LogP contribution in [-0.4, -0.2) is 0 Å². The van der Waals surface area contributed by atoms with E-state index in [-0.39, 0.29) is 4.83 Å². The maximum absolute atomic E-state index is 6.33. The van der Waals surface area contributed by atoms with Gasteiger partial charge in [0.15, 0.2) is 0 Å². The van der Waals surface area contributed by atoms with Crippen molar-refractivity contribution in [1.82, 2.24) is 0 Å². The molecule has 0 aliphatic carbocycles. The number of alkyl halides is 1. The van der Waals surface area contributed by atoms with Crippen molar-refractivity contribution in [2.45, 2.75) is 11.2 Å². The summed E-state index contributed by atoms with van der Waals surface area (Å²) in [5.41, 5.74) is 2.42. The van der Waals surface area contributed by atoms with Crippen molar-refractivity contribution in [3.8, 4) is 0 Å². The number of rotatable bonds is 3. The van der Waals surface area contributed by atoms with Crippen molar-refractivity contribution in [3.05, 3.63) is 81.3 Å². The molecule has 3 heteroatoms. The summed E-state index contributed by atoms with van der Waals surface area (Å²) in [7, 11) is 0. The molecule has 21 heavy (non-hydrogen) atoms. The van der Waals surface area contributed by atoms with Gasteiger partial charge >= 0.3 is 0 Å². The minimum Gasteiger partial charge on any atom is -0.0840 e. The van der Waals surface area contributed by atoms with Crippen LogP contribution in [0.2, 0.25) is 5.02 Å². The van der Waals surface area contributed by atoms with Crippen LogP contribution in [-0.2, 0) is 6.42 Å². The van der Waals surface area contributed by atoms with Gasteiger partial charge in [-0.2, -0.15) is 0 Å². The molecule has 0 saturated heterocycles. The lowest BCUT2D eigenvalue weighted by molar-refractivity contribution is 0.951. The quantitative estimate of drug-likeness (QED) is 0.400. The molecular weight excluding hydrogens is 411 g/mol. The van der Waals surface area contributed by atoms with E-state index in [0.717, 1.165) is 21.5 Å². The third-order valence-corrected chi connectivity index (χ3v) is 5.17. The summed E-state index contributed by atoms with van der Waals surface area (Å²) in [5.74, 6) is 0. The SMILES string of the molecule is Clc1cc(Br)ccc1C(Br)Cc1ccc2ccccc2c1. The van der Waals surface area contributed by atoms with Gasteiger partial charge in [0.25, 0.3) is 0 Å². The molecule has 3 aromatic rings. The van der Waals surface area contributed by atoms with Crippen molar-refractivity contribution in [2.24, 2.45) is 0 Å². The zero-order valence-electron chi connectivity index (χ0n) is 11.2. The Balaban J connectivity index is 1.87. The summed E-state index contributed by atoms with van der Waals surface area (Å²) < 4.78 is 1.00. The lowest BCUT2D eigenvalue weighted by Crippen LogP contribution is -1.96. The van der Waals surface area contributed by atoms with Gasteiger partial charge in [0.1, 0.15) is 0 Å². The summed E-state index contributed by atoms with van der Waals surface area (Å²) >= 11 is 13.5. The highest BCUT2D eigenvalue weighted by Gasteiger charge is 2.12. The van der Waals surface area contributed by atoms with Gasteiger partial charge < -0.3 is 0 Å². The lowest BCUT2D eigenvalue weighted by atomic mass is 10.0. The largest absolute Gasteiger partial charge is 0.0840 e. The number of benzene rings is 3. The van der Waals surface area contributed by atoms with Crippen LogP contribution in [0, 0.1) is 0 Å². The van der Waals surface area contributed by atoms with Crippen molar-refractivity contribution >= 4 is 54.2 Å². The summed E-state index contributed by atoms with van der Waals surface area (Å²) in [6, 6.07) is 21.0. The van der Waals surface area contributed by atoms with Crippen molar-refractivity contribution in [2.75, 3.05) is 0 Å². The molecular formula is C18H13Br2Cl. The van der Waals surface area contributed by atoms with Crippen LogP contribution in [0.3, 0.4) is 0 Å². The van der Waals surface area contributed by atoms with Crippen molar-refractivity contribution in [3.63, 3.8) is 0 Å². The minimum absolute atomic E-state index is 0.208. The van der Waals surface area contributed by atoms with E-state index in [0.29, 0.717) is 0 Å². The maximum atomic E-state index is 6.33. The first-order valence-corrected chi connectivity index (χ1v) is 8.79. The van der Waals surface area contributed by atoms with E-state index < -0.39 is 0 Å². The first kappa shape index (κ1) is 15.1. The van der Waals surface area contributed by atoms with Crippen LogP contribution in [0.25, 0.3) is 10.8 Å². The predicted octanol–water partition coefficient (Wildman–Crippen LogP) is 6.93. The molecule has 106 valence electrons. The first-order valence-electron chi connectivity index (χ1n) is 6.70. The summed E-state index contributed by atoms with van der Waals surface area (Å²) in [6.07, 6.45) is 0.909. The van der Waals surface area contributed by atoms with Crippen LogP contribution in [0.1, 0.15) is 16.0 Å². The summed E-state index contributed by atoms with van der Waals surface area (Å²) in [4.78, 5) is 0.208. The average Bonchev–Trinajstić information content (AvgIpc) is 2.47. The van der Waals surface area contributed by atoms with Gasteiger partial charge in [0, 0.05) is 14.3 Å². The molecule has 3 rings (SSSR count). The van der Waals surface area contributed by atoms with E-state index in [1.807, 2.05) is 12.1 Å². The van der Waals surface area contributed by atoms with Crippen LogP contribution in [0.4, 0.5) is 0 Å². The summed E-state index contributed by atoms with van der Waals surface area (Å²) in [5, 5.41) is 3.33. The Labute approximate surface area is 146 Å². The molecule has 3 aromatic carbocycles. The molecule has 0 saturated carbocycles. The van der Waals surface area contributed by atoms with Crippen LogP contribution in [0.5, 0.6) is 0 Å². The van der Waals surface area contributed by atoms with Gasteiger partial charge in [-0.3, -0.25) is 0 Å². The topological polar surface area (TPSA) is 0 Å². The molecule has 0 N–H and O–H groups in total. The van der Waals surface area contributed by atoms with Gasteiger partial charge in [-0.15, -0.1) is 0 Å². The minimum atomic E-state index is 0.208. The Hall–Kier alpha value is -0.830. The van der Waals surface area contributed by atoms with E-state index in [1.54, 1.807) is 0 Å². The highest BCUT2D eigenvalue weighted by atomic mass is 79.9.